The van der Waals surface area contributed by atoms with Gasteiger partial charge in [-0.3, -0.25) is 0 Å². The van der Waals surface area contributed by atoms with E-state index in [1.807, 2.05) is 12.1 Å². The van der Waals surface area contributed by atoms with E-state index in [-0.39, 0.29) is 11.3 Å². The average molecular weight is 375 g/mol. The second-order valence-electron chi connectivity index (χ2n) is 7.15. The fourth-order valence-corrected chi connectivity index (χ4v) is 4.46. The van der Waals surface area contributed by atoms with Crippen LogP contribution >= 0.6 is 0 Å². The molecule has 0 atom stereocenters. The third kappa shape index (κ3) is 4.21. The molecule has 3 rings (SSSR count). The smallest absolute Gasteiger partial charge is 0.343 e. The van der Waals surface area contributed by atoms with Gasteiger partial charge in [-0.05, 0) is 49.3 Å². The summed E-state index contributed by atoms with van der Waals surface area (Å²) in [5.41, 5.74) is 1.54. The largest absolute Gasteiger partial charge is 0.423 e. The molecule has 0 aromatic heterocycles. The molecule has 0 amide bonds. The standard InChI is InChI=1S/C21H24F2O2Si/c1-13-19(22)10-18(11-20(13)23)25-21(24)17-8-6-16(7-9-17)15-4-2-14(12-26)3-5-15/h6-11,14-15H,2-5,12H2,1,26H3. The second-order valence-corrected chi connectivity index (χ2v) is 7.97. The van der Waals surface area contributed by atoms with Crippen molar-refractivity contribution in [3.8, 4) is 5.75 Å². The van der Waals surface area contributed by atoms with E-state index in [2.05, 4.69) is 0 Å². The molecule has 5 heteroatoms. The summed E-state index contributed by atoms with van der Waals surface area (Å²) in [6.45, 7) is 1.34. The number of benzene rings is 2. The predicted molar refractivity (Wildman–Crippen MR) is 102 cm³/mol. The fraction of sp³-hybridized carbons (Fsp3) is 0.381. The summed E-state index contributed by atoms with van der Waals surface area (Å²) < 4.78 is 32.3. The van der Waals surface area contributed by atoms with Crippen LogP contribution in [0.3, 0.4) is 0 Å². The van der Waals surface area contributed by atoms with E-state index in [4.69, 9.17) is 4.74 Å². The van der Waals surface area contributed by atoms with Crippen LogP contribution in [-0.4, -0.2) is 16.2 Å². The highest BCUT2D eigenvalue weighted by Crippen LogP contribution is 2.36. The number of carbonyl (C=O) groups is 1. The SMILES string of the molecule is Cc1c(F)cc(OC(=O)c2ccc(C3CCC(C[SiH3])CC3)cc2)cc1F. The van der Waals surface area contributed by atoms with E-state index < -0.39 is 17.6 Å². The Kier molecular flexibility index (Phi) is 5.86. The lowest BCUT2D eigenvalue weighted by Crippen LogP contribution is -2.13. The zero-order chi connectivity index (χ0) is 18.7. The van der Waals surface area contributed by atoms with Gasteiger partial charge in [-0.15, -0.1) is 0 Å². The number of carbonyl (C=O) groups excluding carboxylic acids is 1. The van der Waals surface area contributed by atoms with Crippen LogP contribution in [0.2, 0.25) is 6.04 Å². The van der Waals surface area contributed by atoms with E-state index in [1.54, 1.807) is 12.1 Å². The number of rotatable bonds is 4. The fourth-order valence-electron chi connectivity index (χ4n) is 3.64. The van der Waals surface area contributed by atoms with Crippen molar-refractivity contribution in [3.63, 3.8) is 0 Å². The minimum absolute atomic E-state index is 0.0886. The molecule has 2 nitrogen and oxygen atoms in total. The first-order valence-corrected chi connectivity index (χ1v) is 10.7. The molecule has 1 aliphatic carbocycles. The van der Waals surface area contributed by atoms with Gasteiger partial charge in [0.15, 0.2) is 0 Å². The van der Waals surface area contributed by atoms with Gasteiger partial charge in [0.1, 0.15) is 17.4 Å². The highest BCUT2D eigenvalue weighted by atomic mass is 28.1. The number of esters is 1. The Morgan fingerprint density at radius 3 is 2.19 bits per heavy atom. The maximum Gasteiger partial charge on any atom is 0.343 e. The van der Waals surface area contributed by atoms with Crippen molar-refractivity contribution >= 4 is 16.2 Å². The molecule has 1 saturated carbocycles. The first kappa shape index (κ1) is 18.8. The van der Waals surface area contributed by atoms with Gasteiger partial charge in [-0.25, -0.2) is 13.6 Å². The van der Waals surface area contributed by atoms with Crippen molar-refractivity contribution in [2.75, 3.05) is 0 Å². The van der Waals surface area contributed by atoms with E-state index in [0.717, 1.165) is 18.1 Å². The Bertz CT molecular complexity index is 758. The zero-order valence-electron chi connectivity index (χ0n) is 15.2. The van der Waals surface area contributed by atoms with Gasteiger partial charge in [0.2, 0.25) is 0 Å². The van der Waals surface area contributed by atoms with Crippen LogP contribution in [0.1, 0.15) is 53.1 Å². The van der Waals surface area contributed by atoms with Gasteiger partial charge in [0.25, 0.3) is 0 Å². The van der Waals surface area contributed by atoms with Crippen LogP contribution in [-0.2, 0) is 0 Å². The number of halogens is 2. The zero-order valence-corrected chi connectivity index (χ0v) is 17.2. The van der Waals surface area contributed by atoms with Gasteiger partial charge >= 0.3 is 5.97 Å². The summed E-state index contributed by atoms with van der Waals surface area (Å²) >= 11 is 0. The molecule has 26 heavy (non-hydrogen) atoms. The third-order valence-corrected chi connectivity index (χ3v) is 6.66. The molecule has 0 radical (unpaired) electrons. The monoisotopic (exact) mass is 374 g/mol. The Labute approximate surface area is 156 Å². The Morgan fingerprint density at radius 1 is 1.08 bits per heavy atom. The molecular formula is C21H24F2O2Si. The van der Waals surface area contributed by atoms with E-state index in [9.17, 15) is 13.6 Å². The summed E-state index contributed by atoms with van der Waals surface area (Å²) in [5, 5.41) is 0. The quantitative estimate of drug-likeness (QED) is 0.446. The van der Waals surface area contributed by atoms with Crippen LogP contribution in [0, 0.1) is 24.5 Å². The van der Waals surface area contributed by atoms with Crippen LogP contribution < -0.4 is 4.74 Å². The molecule has 0 N–H and O–H groups in total. The molecular weight excluding hydrogens is 350 g/mol. The summed E-state index contributed by atoms with van der Waals surface area (Å²) in [5.74, 6) is -0.728. The lowest BCUT2D eigenvalue weighted by molar-refractivity contribution is 0.0734. The molecule has 1 aliphatic rings. The molecule has 2 aromatic carbocycles. The summed E-state index contributed by atoms with van der Waals surface area (Å²) in [4.78, 5) is 12.2. The number of hydrogen-bond donors (Lipinski definition) is 0. The number of hydrogen-bond acceptors (Lipinski definition) is 2. The molecule has 1 fully saturated rings. The van der Waals surface area contributed by atoms with Gasteiger partial charge in [0, 0.05) is 27.9 Å². The average Bonchev–Trinajstić information content (AvgIpc) is 2.66. The Hall–Kier alpha value is -2.01. The van der Waals surface area contributed by atoms with Gasteiger partial charge in [0.05, 0.1) is 5.56 Å². The molecule has 138 valence electrons. The van der Waals surface area contributed by atoms with Crippen LogP contribution in [0.15, 0.2) is 36.4 Å². The maximum atomic E-state index is 13.6. The maximum absolute atomic E-state index is 13.6. The van der Waals surface area contributed by atoms with Crippen molar-refractivity contribution in [3.05, 3.63) is 64.7 Å². The predicted octanol–water partition coefficient (Wildman–Crippen LogP) is 4.55. The lowest BCUT2D eigenvalue weighted by atomic mass is 9.79. The number of ether oxygens (including phenoxy) is 1. The van der Waals surface area contributed by atoms with Gasteiger partial charge in [-0.2, -0.15) is 0 Å². The highest BCUT2D eigenvalue weighted by Gasteiger charge is 2.21. The third-order valence-electron chi connectivity index (χ3n) is 5.51. The van der Waals surface area contributed by atoms with E-state index >= 15 is 0 Å². The highest BCUT2D eigenvalue weighted by molar-refractivity contribution is 6.08. The Balaban J connectivity index is 1.66. The summed E-state index contributed by atoms with van der Waals surface area (Å²) in [6.07, 6.45) is 5.00. The van der Waals surface area contributed by atoms with Crippen LogP contribution in [0.5, 0.6) is 5.75 Å². The summed E-state index contributed by atoms with van der Waals surface area (Å²) in [6, 6.07) is 10.9. The first-order valence-electron chi connectivity index (χ1n) is 9.25. The molecule has 0 bridgehead atoms. The normalized spacial score (nSPS) is 20.1. The minimum atomic E-state index is -0.728. The molecule has 0 heterocycles. The van der Waals surface area contributed by atoms with Crippen molar-refractivity contribution < 1.29 is 18.3 Å². The van der Waals surface area contributed by atoms with Crippen molar-refractivity contribution in [1.29, 1.82) is 0 Å². The van der Waals surface area contributed by atoms with E-state index in [0.29, 0.717) is 11.5 Å². The molecule has 0 unspecified atom stereocenters. The van der Waals surface area contributed by atoms with Crippen LogP contribution in [0.4, 0.5) is 8.78 Å². The summed E-state index contributed by atoms with van der Waals surface area (Å²) in [7, 11) is 1.28. The molecule has 0 saturated heterocycles. The van der Waals surface area contributed by atoms with Gasteiger partial charge < -0.3 is 4.74 Å². The Morgan fingerprint density at radius 2 is 1.65 bits per heavy atom. The van der Waals surface area contributed by atoms with Gasteiger partial charge in [-0.1, -0.05) is 31.0 Å². The molecule has 0 aliphatic heterocycles. The van der Waals surface area contributed by atoms with E-state index in [1.165, 1.54) is 54.5 Å². The lowest BCUT2D eigenvalue weighted by Gasteiger charge is -2.28. The topological polar surface area (TPSA) is 26.3 Å². The second kappa shape index (κ2) is 8.12. The van der Waals surface area contributed by atoms with Crippen LogP contribution in [0.25, 0.3) is 0 Å². The van der Waals surface area contributed by atoms with Crippen molar-refractivity contribution in [2.45, 2.75) is 44.6 Å². The van der Waals surface area contributed by atoms with Crippen molar-refractivity contribution in [1.82, 2.24) is 0 Å². The first-order chi connectivity index (χ1) is 12.5. The molecule has 2 aromatic rings. The molecule has 0 spiro atoms. The minimum Gasteiger partial charge on any atom is -0.423 e. The van der Waals surface area contributed by atoms with Crippen molar-refractivity contribution in [2.24, 2.45) is 5.92 Å².